The van der Waals surface area contributed by atoms with Crippen LogP contribution in [-0.4, -0.2) is 31.7 Å². The van der Waals surface area contributed by atoms with Gasteiger partial charge in [-0.3, -0.25) is 4.79 Å². The van der Waals surface area contributed by atoms with Gasteiger partial charge in [-0.25, -0.2) is 13.5 Å². The molecular formula is C11H10F2N4O2S. The Kier molecular flexibility index (Phi) is 3.89. The van der Waals surface area contributed by atoms with E-state index in [1.54, 1.807) is 0 Å². The van der Waals surface area contributed by atoms with E-state index in [1.165, 1.54) is 13.0 Å². The van der Waals surface area contributed by atoms with Gasteiger partial charge in [0.25, 0.3) is 0 Å². The second-order valence-corrected chi connectivity index (χ2v) is 4.88. The first-order valence-corrected chi connectivity index (χ1v) is 6.39. The number of aliphatic carboxylic acids is 1. The normalized spacial score (nSPS) is 10.8. The number of halogens is 2. The minimum Gasteiger partial charge on any atom is -0.481 e. The second kappa shape index (κ2) is 5.45. The zero-order valence-corrected chi connectivity index (χ0v) is 11.1. The van der Waals surface area contributed by atoms with Gasteiger partial charge in [-0.05, 0) is 18.6 Å². The number of aromatic nitrogens is 3. The minimum absolute atomic E-state index is 0.000995. The Bertz CT molecular complexity index is 675. The van der Waals surface area contributed by atoms with Crippen molar-refractivity contribution in [2.45, 2.75) is 12.1 Å². The first kappa shape index (κ1) is 14.3. The molecule has 0 aliphatic heterocycles. The monoisotopic (exact) mass is 300 g/mol. The molecule has 0 saturated carbocycles. The molecule has 0 aliphatic carbocycles. The summed E-state index contributed by atoms with van der Waals surface area (Å²) in [6.45, 7) is 1.48. The first-order chi connectivity index (χ1) is 9.40. The average molecular weight is 300 g/mol. The molecule has 1 aromatic heterocycles. The standard InChI is InChI=1S/C11H10F2N4O2S/c1-5-2-6(8(13)3-7(5)12)10-15-16-11(17(10)14)20-4-9(18)19/h2-3H,4,14H2,1H3,(H,18,19). The summed E-state index contributed by atoms with van der Waals surface area (Å²) in [5.41, 5.74) is 0.241. The maximum atomic E-state index is 13.7. The lowest BCUT2D eigenvalue weighted by molar-refractivity contribution is -0.133. The molecule has 0 saturated heterocycles. The fourth-order valence-corrected chi connectivity index (χ4v) is 2.09. The third-order valence-corrected chi connectivity index (χ3v) is 3.41. The third-order valence-electron chi connectivity index (χ3n) is 2.48. The number of carboxylic acid groups (broad SMARTS) is 1. The van der Waals surface area contributed by atoms with Gasteiger partial charge in [-0.15, -0.1) is 10.2 Å². The van der Waals surface area contributed by atoms with Gasteiger partial charge < -0.3 is 10.9 Å². The number of thioether (sulfide) groups is 1. The molecule has 0 amide bonds. The quantitative estimate of drug-likeness (QED) is 0.655. The highest BCUT2D eigenvalue weighted by molar-refractivity contribution is 7.99. The zero-order chi connectivity index (χ0) is 14.9. The van der Waals surface area contributed by atoms with Crippen molar-refractivity contribution in [1.82, 2.24) is 14.9 Å². The summed E-state index contributed by atoms with van der Waals surface area (Å²) in [7, 11) is 0. The number of hydrogen-bond acceptors (Lipinski definition) is 5. The molecule has 20 heavy (non-hydrogen) atoms. The number of carboxylic acids is 1. The van der Waals surface area contributed by atoms with Crippen molar-refractivity contribution in [2.24, 2.45) is 0 Å². The Balaban J connectivity index is 2.39. The Morgan fingerprint density at radius 1 is 1.40 bits per heavy atom. The number of nitrogen functional groups attached to an aromatic ring is 1. The molecule has 2 rings (SSSR count). The molecular weight excluding hydrogens is 290 g/mol. The lowest BCUT2D eigenvalue weighted by Gasteiger charge is -2.06. The van der Waals surface area contributed by atoms with Crippen molar-refractivity contribution in [1.29, 1.82) is 0 Å². The molecule has 0 atom stereocenters. The van der Waals surface area contributed by atoms with Crippen LogP contribution in [0.3, 0.4) is 0 Å². The number of aryl methyl sites for hydroxylation is 1. The number of benzene rings is 1. The van der Waals surface area contributed by atoms with E-state index in [2.05, 4.69) is 10.2 Å². The van der Waals surface area contributed by atoms with Crippen LogP contribution >= 0.6 is 11.8 Å². The molecule has 1 aromatic carbocycles. The molecule has 0 radical (unpaired) electrons. The van der Waals surface area contributed by atoms with Crippen LogP contribution in [0.25, 0.3) is 11.4 Å². The summed E-state index contributed by atoms with van der Waals surface area (Å²) in [6, 6.07) is 2.01. The molecule has 0 unspecified atom stereocenters. The topological polar surface area (TPSA) is 94.0 Å². The summed E-state index contributed by atoms with van der Waals surface area (Å²) >= 11 is 0.852. The fraction of sp³-hybridized carbons (Fsp3) is 0.182. The van der Waals surface area contributed by atoms with Crippen molar-refractivity contribution in [2.75, 3.05) is 11.6 Å². The van der Waals surface area contributed by atoms with Crippen LogP contribution in [0, 0.1) is 18.6 Å². The van der Waals surface area contributed by atoms with Gasteiger partial charge in [0.1, 0.15) is 11.6 Å². The molecule has 0 bridgehead atoms. The third kappa shape index (κ3) is 2.72. The summed E-state index contributed by atoms with van der Waals surface area (Å²) in [6.07, 6.45) is 0. The molecule has 6 nitrogen and oxygen atoms in total. The van der Waals surface area contributed by atoms with E-state index in [0.717, 1.165) is 22.5 Å². The van der Waals surface area contributed by atoms with E-state index in [0.29, 0.717) is 0 Å². The summed E-state index contributed by atoms with van der Waals surface area (Å²) in [5, 5.41) is 16.1. The van der Waals surface area contributed by atoms with Gasteiger partial charge >= 0.3 is 5.97 Å². The molecule has 106 valence electrons. The molecule has 0 spiro atoms. The predicted molar refractivity (Wildman–Crippen MR) is 68.6 cm³/mol. The van der Waals surface area contributed by atoms with Crippen molar-refractivity contribution in [3.8, 4) is 11.4 Å². The van der Waals surface area contributed by atoms with E-state index in [4.69, 9.17) is 10.9 Å². The average Bonchev–Trinajstić information content (AvgIpc) is 2.73. The number of rotatable bonds is 4. The molecule has 2 aromatic rings. The molecule has 9 heteroatoms. The Morgan fingerprint density at radius 2 is 2.10 bits per heavy atom. The van der Waals surface area contributed by atoms with Crippen LogP contribution in [0.15, 0.2) is 17.3 Å². The Labute approximate surface area is 116 Å². The second-order valence-electron chi connectivity index (χ2n) is 3.94. The number of nitrogens with zero attached hydrogens (tertiary/aromatic N) is 3. The number of nitrogens with two attached hydrogens (primary N) is 1. The minimum atomic E-state index is -1.04. The van der Waals surface area contributed by atoms with Crippen molar-refractivity contribution in [3.05, 3.63) is 29.3 Å². The van der Waals surface area contributed by atoms with E-state index >= 15 is 0 Å². The van der Waals surface area contributed by atoms with Gasteiger partial charge in [0.15, 0.2) is 5.82 Å². The van der Waals surface area contributed by atoms with Crippen molar-refractivity contribution >= 4 is 17.7 Å². The van der Waals surface area contributed by atoms with Crippen LogP contribution < -0.4 is 5.84 Å². The fourth-order valence-electron chi connectivity index (χ4n) is 1.51. The lowest BCUT2D eigenvalue weighted by atomic mass is 10.1. The largest absolute Gasteiger partial charge is 0.481 e. The van der Waals surface area contributed by atoms with Crippen LogP contribution in [0.1, 0.15) is 5.56 Å². The van der Waals surface area contributed by atoms with Crippen molar-refractivity contribution in [3.63, 3.8) is 0 Å². The van der Waals surface area contributed by atoms with Crippen LogP contribution in [0.2, 0.25) is 0 Å². The highest BCUT2D eigenvalue weighted by Gasteiger charge is 2.18. The number of carbonyl (C=O) groups is 1. The molecule has 0 aliphatic rings. The summed E-state index contributed by atoms with van der Waals surface area (Å²) < 4.78 is 27.9. The van der Waals surface area contributed by atoms with Gasteiger partial charge in [-0.2, -0.15) is 0 Å². The molecule has 1 heterocycles. The van der Waals surface area contributed by atoms with E-state index in [-0.39, 0.29) is 27.9 Å². The van der Waals surface area contributed by atoms with Gasteiger partial charge in [0.05, 0.1) is 11.3 Å². The predicted octanol–water partition coefficient (Wildman–Crippen LogP) is 1.42. The molecule has 3 N–H and O–H groups in total. The van der Waals surface area contributed by atoms with Crippen LogP contribution in [-0.2, 0) is 4.79 Å². The maximum Gasteiger partial charge on any atom is 0.313 e. The zero-order valence-electron chi connectivity index (χ0n) is 10.3. The molecule has 0 fully saturated rings. The van der Waals surface area contributed by atoms with Crippen molar-refractivity contribution < 1.29 is 18.7 Å². The Hall–Kier alpha value is -2.16. The first-order valence-electron chi connectivity index (χ1n) is 5.41. The highest BCUT2D eigenvalue weighted by Crippen LogP contribution is 2.25. The van der Waals surface area contributed by atoms with Gasteiger partial charge in [-0.1, -0.05) is 11.8 Å². The van der Waals surface area contributed by atoms with Gasteiger partial charge in [0, 0.05) is 6.07 Å². The summed E-state index contributed by atoms with van der Waals surface area (Å²) in [4.78, 5) is 10.5. The van der Waals surface area contributed by atoms with E-state index in [9.17, 15) is 13.6 Å². The summed E-state index contributed by atoms with van der Waals surface area (Å²) in [5.74, 6) is 2.92. The van der Waals surface area contributed by atoms with Crippen LogP contribution in [0.5, 0.6) is 0 Å². The number of hydrogen-bond donors (Lipinski definition) is 2. The van der Waals surface area contributed by atoms with Crippen LogP contribution in [0.4, 0.5) is 8.78 Å². The SMILES string of the molecule is Cc1cc(-c2nnc(SCC(=O)O)n2N)c(F)cc1F. The van der Waals surface area contributed by atoms with E-state index < -0.39 is 17.6 Å². The van der Waals surface area contributed by atoms with Gasteiger partial charge in [0.2, 0.25) is 5.16 Å². The highest BCUT2D eigenvalue weighted by atomic mass is 32.2. The smallest absolute Gasteiger partial charge is 0.313 e. The Morgan fingerprint density at radius 3 is 2.75 bits per heavy atom. The van der Waals surface area contributed by atoms with E-state index in [1.807, 2.05) is 0 Å². The maximum absolute atomic E-state index is 13.7. The lowest BCUT2D eigenvalue weighted by Crippen LogP contribution is -2.13.